The maximum atomic E-state index is 12.7. The van der Waals surface area contributed by atoms with Crippen LogP contribution < -0.4 is 5.73 Å². The molecule has 0 aliphatic rings. The third-order valence-corrected chi connectivity index (χ3v) is 4.98. The fourth-order valence-electron chi connectivity index (χ4n) is 1.46. The molecule has 0 spiro atoms. The third-order valence-electron chi connectivity index (χ3n) is 2.57. The van der Waals surface area contributed by atoms with Gasteiger partial charge in [0, 0.05) is 16.0 Å². The molecule has 0 saturated heterocycles. The standard InChI is InChI=1S/C12H14BrF3N2OS/c1-3-20(4-2)18-11(19)8-5-7(12(14,15)16)6-9(13)10(8)17/h5-6H,3-4,17H2,1-2H3. The Morgan fingerprint density at radius 1 is 1.35 bits per heavy atom. The van der Waals surface area contributed by atoms with Crippen molar-refractivity contribution in [2.75, 3.05) is 17.2 Å². The van der Waals surface area contributed by atoms with Crippen molar-refractivity contribution in [2.24, 2.45) is 4.36 Å². The first-order valence-corrected chi connectivity index (χ1v) is 8.11. The molecule has 0 aliphatic heterocycles. The van der Waals surface area contributed by atoms with Crippen LogP contribution in [0.2, 0.25) is 0 Å². The highest BCUT2D eigenvalue weighted by molar-refractivity contribution is 9.10. The monoisotopic (exact) mass is 370 g/mol. The van der Waals surface area contributed by atoms with Crippen LogP contribution in [0.5, 0.6) is 0 Å². The van der Waals surface area contributed by atoms with Gasteiger partial charge in [0.2, 0.25) is 0 Å². The summed E-state index contributed by atoms with van der Waals surface area (Å²) in [4.78, 5) is 12.0. The Morgan fingerprint density at radius 3 is 2.35 bits per heavy atom. The van der Waals surface area contributed by atoms with E-state index in [0.29, 0.717) is 11.5 Å². The van der Waals surface area contributed by atoms with Crippen LogP contribution in [0.15, 0.2) is 21.0 Å². The van der Waals surface area contributed by atoms with Gasteiger partial charge in [0.1, 0.15) is 0 Å². The Hall–Kier alpha value is -0.890. The van der Waals surface area contributed by atoms with Crippen LogP contribution in [0.3, 0.4) is 0 Å². The van der Waals surface area contributed by atoms with Gasteiger partial charge in [0.25, 0.3) is 5.91 Å². The quantitative estimate of drug-likeness (QED) is 0.816. The Balaban J connectivity index is 3.34. The number of halogens is 4. The Morgan fingerprint density at radius 2 is 1.90 bits per heavy atom. The van der Waals surface area contributed by atoms with Crippen LogP contribution in [0.25, 0.3) is 0 Å². The van der Waals surface area contributed by atoms with Gasteiger partial charge in [-0.05, 0) is 28.1 Å². The predicted molar refractivity (Wildman–Crippen MR) is 78.8 cm³/mol. The number of alkyl halides is 3. The highest BCUT2D eigenvalue weighted by Gasteiger charge is 2.32. The lowest BCUT2D eigenvalue weighted by atomic mass is 10.1. The van der Waals surface area contributed by atoms with Gasteiger partial charge in [-0.1, -0.05) is 24.5 Å². The molecule has 2 N–H and O–H groups in total. The number of rotatable bonds is 3. The number of nitrogens with two attached hydrogens (primary N) is 1. The van der Waals surface area contributed by atoms with E-state index in [2.05, 4.69) is 20.3 Å². The zero-order valence-corrected chi connectivity index (χ0v) is 13.3. The van der Waals surface area contributed by atoms with E-state index in [-0.39, 0.29) is 15.7 Å². The van der Waals surface area contributed by atoms with E-state index >= 15 is 0 Å². The lowest BCUT2D eigenvalue weighted by molar-refractivity contribution is -0.137. The van der Waals surface area contributed by atoms with Crippen molar-refractivity contribution in [1.82, 2.24) is 0 Å². The largest absolute Gasteiger partial charge is 0.416 e. The summed E-state index contributed by atoms with van der Waals surface area (Å²) in [7, 11) is -0.488. The smallest absolute Gasteiger partial charge is 0.397 e. The number of hydrogen-bond acceptors (Lipinski definition) is 2. The van der Waals surface area contributed by atoms with Gasteiger partial charge < -0.3 is 5.73 Å². The number of hydrogen-bond donors (Lipinski definition) is 1. The molecule has 0 aromatic heterocycles. The average Bonchev–Trinajstić information content (AvgIpc) is 2.37. The van der Waals surface area contributed by atoms with Crippen LogP contribution in [-0.4, -0.2) is 17.4 Å². The predicted octanol–water partition coefficient (Wildman–Crippen LogP) is 4.03. The maximum Gasteiger partial charge on any atom is 0.416 e. The average molecular weight is 371 g/mol. The van der Waals surface area contributed by atoms with Gasteiger partial charge in [0.05, 0.1) is 16.8 Å². The van der Waals surface area contributed by atoms with E-state index < -0.39 is 28.3 Å². The molecule has 1 aromatic carbocycles. The van der Waals surface area contributed by atoms with E-state index in [1.165, 1.54) is 0 Å². The van der Waals surface area contributed by atoms with Gasteiger partial charge in [-0.2, -0.15) is 17.5 Å². The van der Waals surface area contributed by atoms with Crippen molar-refractivity contribution in [3.8, 4) is 0 Å². The first kappa shape index (κ1) is 17.2. The number of nitrogen functional groups attached to an aromatic ring is 1. The number of carbonyl (C=O) groups excluding carboxylic acids is 1. The minimum atomic E-state index is -4.54. The van der Waals surface area contributed by atoms with Gasteiger partial charge in [-0.3, -0.25) is 4.79 Å². The Labute approximate surface area is 126 Å². The molecule has 1 aromatic rings. The molecule has 8 heteroatoms. The molecule has 0 unspecified atom stereocenters. The summed E-state index contributed by atoms with van der Waals surface area (Å²) in [6.07, 6.45) is -4.54. The molecular weight excluding hydrogens is 357 g/mol. The molecule has 3 nitrogen and oxygen atoms in total. The fraction of sp³-hybridized carbons (Fsp3) is 0.417. The van der Waals surface area contributed by atoms with E-state index in [1.54, 1.807) is 0 Å². The first-order chi connectivity index (χ1) is 9.20. The van der Waals surface area contributed by atoms with Crippen molar-refractivity contribution in [3.05, 3.63) is 27.7 Å². The molecule has 0 fully saturated rings. The Bertz CT molecular complexity index is 552. The molecule has 0 saturated carbocycles. The molecule has 112 valence electrons. The normalized spacial score (nSPS) is 11.8. The second-order valence-corrected chi connectivity index (χ2v) is 6.97. The summed E-state index contributed by atoms with van der Waals surface area (Å²) >= 11 is 2.94. The number of amides is 1. The molecule has 0 atom stereocenters. The summed E-state index contributed by atoms with van der Waals surface area (Å²) in [6, 6.07) is 1.60. The number of carbonyl (C=O) groups is 1. The zero-order chi connectivity index (χ0) is 15.5. The van der Waals surface area contributed by atoms with Crippen molar-refractivity contribution in [2.45, 2.75) is 20.0 Å². The molecule has 1 amide bonds. The van der Waals surface area contributed by atoms with Crippen LogP contribution in [0.1, 0.15) is 29.8 Å². The highest BCUT2D eigenvalue weighted by Crippen LogP contribution is 2.35. The lowest BCUT2D eigenvalue weighted by Gasteiger charge is -2.11. The van der Waals surface area contributed by atoms with Crippen LogP contribution >= 0.6 is 15.9 Å². The Kier molecular flexibility index (Phi) is 5.76. The van der Waals surface area contributed by atoms with Gasteiger partial charge in [0.15, 0.2) is 0 Å². The fourth-order valence-corrected chi connectivity index (χ4v) is 2.92. The molecular formula is C12H14BrF3N2OS. The minimum Gasteiger partial charge on any atom is -0.397 e. The van der Waals surface area contributed by atoms with Gasteiger partial charge in [-0.25, -0.2) is 0 Å². The van der Waals surface area contributed by atoms with E-state index in [1.807, 2.05) is 13.8 Å². The van der Waals surface area contributed by atoms with Gasteiger partial charge in [-0.15, -0.1) is 0 Å². The van der Waals surface area contributed by atoms with Gasteiger partial charge >= 0.3 is 6.18 Å². The van der Waals surface area contributed by atoms with Crippen LogP contribution in [0.4, 0.5) is 18.9 Å². The lowest BCUT2D eigenvalue weighted by Crippen LogP contribution is -2.11. The summed E-state index contributed by atoms with van der Waals surface area (Å²) in [5.74, 6) is 0.631. The van der Waals surface area contributed by atoms with Crippen molar-refractivity contribution >= 4 is 38.2 Å². The summed E-state index contributed by atoms with van der Waals surface area (Å²) < 4.78 is 42.2. The summed E-state index contributed by atoms with van der Waals surface area (Å²) in [5.41, 5.74) is 4.49. The second-order valence-electron chi connectivity index (χ2n) is 3.85. The summed E-state index contributed by atoms with van der Waals surface area (Å²) in [5, 5.41) is 0. The molecule has 0 heterocycles. The van der Waals surface area contributed by atoms with E-state index in [9.17, 15) is 18.0 Å². The second kappa shape index (κ2) is 6.71. The molecule has 0 bridgehead atoms. The van der Waals surface area contributed by atoms with Crippen LogP contribution in [0, 0.1) is 0 Å². The topological polar surface area (TPSA) is 55.5 Å². The zero-order valence-electron chi connectivity index (χ0n) is 10.9. The SMILES string of the molecule is CCS(CC)=NC(=O)c1cc(C(F)(F)F)cc(Br)c1N. The van der Waals surface area contributed by atoms with Crippen molar-refractivity contribution in [1.29, 1.82) is 0 Å². The first-order valence-electron chi connectivity index (χ1n) is 5.80. The molecule has 0 aliphatic carbocycles. The van der Waals surface area contributed by atoms with Crippen LogP contribution in [-0.2, 0) is 16.9 Å². The van der Waals surface area contributed by atoms with E-state index in [4.69, 9.17) is 5.73 Å². The minimum absolute atomic E-state index is 0.0255. The van der Waals surface area contributed by atoms with E-state index in [0.717, 1.165) is 12.1 Å². The number of nitrogens with zero attached hydrogens (tertiary/aromatic N) is 1. The summed E-state index contributed by atoms with van der Waals surface area (Å²) in [6.45, 7) is 3.74. The molecule has 20 heavy (non-hydrogen) atoms. The maximum absolute atomic E-state index is 12.7. The highest BCUT2D eigenvalue weighted by atomic mass is 79.9. The molecule has 1 rings (SSSR count). The van der Waals surface area contributed by atoms with Crippen molar-refractivity contribution in [3.63, 3.8) is 0 Å². The van der Waals surface area contributed by atoms with Crippen molar-refractivity contribution < 1.29 is 18.0 Å². The molecule has 0 radical (unpaired) electrons. The number of benzene rings is 1. The number of anilines is 1. The third kappa shape index (κ3) is 4.05.